The number of rotatable bonds is 10. The number of carbonyl (C=O) groups is 2. The number of anilines is 5. The van der Waals surface area contributed by atoms with Crippen molar-refractivity contribution in [3.05, 3.63) is 108 Å². The Kier molecular flexibility index (Phi) is 10.4. The third kappa shape index (κ3) is 7.49. The van der Waals surface area contributed by atoms with E-state index in [1.54, 1.807) is 36.5 Å². The van der Waals surface area contributed by atoms with Crippen LogP contribution in [0.3, 0.4) is 0 Å². The monoisotopic (exact) mass is 496 g/mol. The van der Waals surface area contributed by atoms with Crippen molar-refractivity contribution >= 4 is 40.8 Å². The van der Waals surface area contributed by atoms with E-state index in [0.29, 0.717) is 28.3 Å². The number of nitrogens with zero attached hydrogens (tertiary/aromatic N) is 2. The molecule has 0 atom stereocenters. The van der Waals surface area contributed by atoms with Gasteiger partial charge in [-0.25, -0.2) is 4.98 Å². The number of hydrogen-bond donors (Lipinski definition) is 3. The number of aliphatic hydroxyl groups excluding tert-OH is 1. The molecule has 1 heterocycles. The lowest BCUT2D eigenvalue weighted by Gasteiger charge is -2.25. The highest BCUT2D eigenvalue weighted by Crippen LogP contribution is 2.27. The summed E-state index contributed by atoms with van der Waals surface area (Å²) < 4.78 is 0. The first-order chi connectivity index (χ1) is 18.2. The van der Waals surface area contributed by atoms with Gasteiger partial charge in [-0.2, -0.15) is 0 Å². The first-order valence-corrected chi connectivity index (χ1v) is 12.1. The molecule has 3 aromatic carbocycles. The Balaban J connectivity index is 0.00000186. The average molecular weight is 497 g/mol. The van der Waals surface area contributed by atoms with Gasteiger partial charge in [0.2, 0.25) is 0 Å². The highest BCUT2D eigenvalue weighted by molar-refractivity contribution is 6.05. The predicted molar refractivity (Wildman–Crippen MR) is 150 cm³/mol. The number of para-hydroxylation sites is 1. The van der Waals surface area contributed by atoms with Crippen LogP contribution < -0.4 is 15.5 Å². The number of unbranched alkanes of at least 4 members (excludes halogenated alkanes) is 1. The fourth-order valence-electron chi connectivity index (χ4n) is 3.75. The number of carbonyl (C=O) groups excluding carboxylic acids is 2. The maximum Gasteiger partial charge on any atom is 0.255 e. The van der Waals surface area contributed by atoms with Crippen molar-refractivity contribution in [1.29, 1.82) is 0 Å². The summed E-state index contributed by atoms with van der Waals surface area (Å²) in [4.78, 5) is 30.6. The second-order valence-corrected chi connectivity index (χ2v) is 8.11. The summed E-state index contributed by atoms with van der Waals surface area (Å²) in [5, 5.41) is 13.1. The molecule has 0 unspecified atom stereocenters. The van der Waals surface area contributed by atoms with E-state index < -0.39 is 0 Å². The summed E-state index contributed by atoms with van der Waals surface area (Å²) in [6.07, 6.45) is 4.56. The van der Waals surface area contributed by atoms with Crippen LogP contribution in [0.1, 0.15) is 40.5 Å². The zero-order chi connectivity index (χ0) is 26.5. The van der Waals surface area contributed by atoms with E-state index in [1.165, 1.54) is 0 Å². The summed E-state index contributed by atoms with van der Waals surface area (Å²) >= 11 is 0. The molecule has 37 heavy (non-hydrogen) atoms. The van der Waals surface area contributed by atoms with E-state index in [0.717, 1.165) is 44.2 Å². The molecule has 1 amide bonds. The third-order valence-electron chi connectivity index (χ3n) is 5.59. The number of pyridine rings is 1. The molecule has 0 saturated heterocycles. The highest BCUT2D eigenvalue weighted by Gasteiger charge is 2.11. The van der Waals surface area contributed by atoms with Gasteiger partial charge in [0.15, 0.2) is 6.29 Å². The predicted octanol–water partition coefficient (Wildman–Crippen LogP) is 6.44. The summed E-state index contributed by atoms with van der Waals surface area (Å²) in [6.45, 7) is 3.11. The maximum absolute atomic E-state index is 12.9. The molecule has 7 nitrogen and oxygen atoms in total. The van der Waals surface area contributed by atoms with Crippen LogP contribution in [0, 0.1) is 0 Å². The van der Waals surface area contributed by atoms with Crippen LogP contribution in [0.4, 0.5) is 28.6 Å². The summed E-state index contributed by atoms with van der Waals surface area (Å²) in [7, 11) is 1.00. The zero-order valence-corrected chi connectivity index (χ0v) is 21.1. The number of aldehydes is 1. The SMILES string of the molecule is CCCCN(c1ccccc1)c1ccc(NC(=O)c2cccc(Nc3ncccc3C=O)c2)cc1.CO. The van der Waals surface area contributed by atoms with Crippen molar-refractivity contribution in [2.75, 3.05) is 29.2 Å². The second kappa shape index (κ2) is 14.2. The van der Waals surface area contributed by atoms with Crippen LogP contribution in [0.15, 0.2) is 97.2 Å². The number of aromatic nitrogens is 1. The minimum Gasteiger partial charge on any atom is -0.400 e. The number of hydrogen-bond acceptors (Lipinski definition) is 6. The first kappa shape index (κ1) is 27.1. The molecule has 0 aliphatic carbocycles. The summed E-state index contributed by atoms with van der Waals surface area (Å²) in [5.41, 5.74) is 4.56. The molecule has 4 rings (SSSR count). The minimum absolute atomic E-state index is 0.219. The largest absolute Gasteiger partial charge is 0.400 e. The molecule has 3 N–H and O–H groups in total. The minimum atomic E-state index is -0.219. The van der Waals surface area contributed by atoms with Crippen molar-refractivity contribution in [1.82, 2.24) is 4.98 Å². The fourth-order valence-corrected chi connectivity index (χ4v) is 3.75. The Morgan fingerprint density at radius 1 is 0.892 bits per heavy atom. The zero-order valence-electron chi connectivity index (χ0n) is 21.1. The molecule has 4 aromatic rings. The van der Waals surface area contributed by atoms with E-state index in [9.17, 15) is 9.59 Å². The Hall–Kier alpha value is -4.49. The van der Waals surface area contributed by atoms with E-state index in [1.807, 2.05) is 48.5 Å². The quantitative estimate of drug-likeness (QED) is 0.219. The normalized spacial score (nSPS) is 10.0. The van der Waals surface area contributed by atoms with Gasteiger partial charge in [-0.15, -0.1) is 0 Å². The van der Waals surface area contributed by atoms with Gasteiger partial charge in [-0.1, -0.05) is 37.6 Å². The van der Waals surface area contributed by atoms with E-state index >= 15 is 0 Å². The van der Waals surface area contributed by atoms with E-state index in [-0.39, 0.29) is 5.91 Å². The molecule has 0 bridgehead atoms. The molecule has 1 aromatic heterocycles. The molecule has 190 valence electrons. The lowest BCUT2D eigenvalue weighted by Crippen LogP contribution is -2.18. The molecule has 0 spiro atoms. The Labute approximate surface area is 217 Å². The number of nitrogens with one attached hydrogen (secondary N) is 2. The van der Waals surface area contributed by atoms with Crippen LogP contribution in [0.25, 0.3) is 0 Å². The fraction of sp³-hybridized carbons (Fsp3) is 0.167. The maximum atomic E-state index is 12.9. The van der Waals surface area contributed by atoms with Crippen LogP contribution in [0.5, 0.6) is 0 Å². The summed E-state index contributed by atoms with van der Waals surface area (Å²) in [5.74, 6) is 0.227. The average Bonchev–Trinajstić information content (AvgIpc) is 2.96. The van der Waals surface area contributed by atoms with Crippen molar-refractivity contribution in [2.45, 2.75) is 19.8 Å². The van der Waals surface area contributed by atoms with Gasteiger partial charge in [-0.3, -0.25) is 9.59 Å². The van der Waals surface area contributed by atoms with Gasteiger partial charge in [0.05, 0.1) is 5.56 Å². The van der Waals surface area contributed by atoms with Crippen molar-refractivity contribution in [2.24, 2.45) is 0 Å². The van der Waals surface area contributed by atoms with Crippen LogP contribution in [-0.4, -0.2) is 35.9 Å². The third-order valence-corrected chi connectivity index (χ3v) is 5.59. The highest BCUT2D eigenvalue weighted by atomic mass is 16.2. The van der Waals surface area contributed by atoms with Gasteiger partial charge >= 0.3 is 0 Å². The van der Waals surface area contributed by atoms with Crippen molar-refractivity contribution in [3.63, 3.8) is 0 Å². The molecule has 0 fully saturated rings. The van der Waals surface area contributed by atoms with Crippen LogP contribution in [-0.2, 0) is 0 Å². The molecule has 0 saturated carbocycles. The lowest BCUT2D eigenvalue weighted by atomic mass is 10.1. The van der Waals surface area contributed by atoms with E-state index in [2.05, 4.69) is 39.6 Å². The number of benzene rings is 3. The molecule has 0 aliphatic rings. The molecule has 7 heteroatoms. The molecular weight excluding hydrogens is 464 g/mol. The Morgan fingerprint density at radius 2 is 1.62 bits per heavy atom. The molecule has 0 aliphatic heterocycles. The van der Waals surface area contributed by atoms with Gasteiger partial charge in [-0.05, 0) is 73.2 Å². The first-order valence-electron chi connectivity index (χ1n) is 12.1. The van der Waals surface area contributed by atoms with Crippen LogP contribution >= 0.6 is 0 Å². The Morgan fingerprint density at radius 3 is 2.32 bits per heavy atom. The smallest absolute Gasteiger partial charge is 0.255 e. The van der Waals surface area contributed by atoms with Gasteiger partial charge in [0.25, 0.3) is 5.91 Å². The van der Waals surface area contributed by atoms with Crippen molar-refractivity contribution in [3.8, 4) is 0 Å². The molecule has 0 radical (unpaired) electrons. The van der Waals surface area contributed by atoms with Gasteiger partial charge in [0.1, 0.15) is 5.82 Å². The Bertz CT molecular complexity index is 1280. The van der Waals surface area contributed by atoms with Crippen molar-refractivity contribution < 1.29 is 14.7 Å². The topological polar surface area (TPSA) is 94.6 Å². The number of amides is 1. The van der Waals surface area contributed by atoms with E-state index in [4.69, 9.17) is 5.11 Å². The number of aliphatic hydroxyl groups is 1. The standard InChI is InChI=1S/C29H28N4O2.CH4O/c1-2-3-19-33(26-12-5-4-6-13-26)27-16-14-24(15-17-27)32-29(35)22-9-7-11-25(20-22)31-28-23(21-34)10-8-18-30-28;1-2/h4-18,20-21H,2-3,19H2,1H3,(H,30,31)(H,32,35);2H,1H3. The second-order valence-electron chi connectivity index (χ2n) is 8.11. The van der Waals surface area contributed by atoms with Crippen LogP contribution in [0.2, 0.25) is 0 Å². The summed E-state index contributed by atoms with van der Waals surface area (Å²) in [6, 6.07) is 28.7. The van der Waals surface area contributed by atoms with Gasteiger partial charge in [0, 0.05) is 48.2 Å². The van der Waals surface area contributed by atoms with Gasteiger partial charge < -0.3 is 20.6 Å². The molecular formula is C30H32N4O3. The lowest BCUT2D eigenvalue weighted by molar-refractivity contribution is 0.102.